The van der Waals surface area contributed by atoms with Crippen LogP contribution in [0.4, 0.5) is 10.5 Å². The maximum absolute atomic E-state index is 12.4. The fourth-order valence-corrected chi connectivity index (χ4v) is 3.53. The van der Waals surface area contributed by atoms with Crippen molar-refractivity contribution in [3.05, 3.63) is 58.7 Å². The minimum absolute atomic E-state index is 0.0399. The van der Waals surface area contributed by atoms with Crippen molar-refractivity contribution in [1.82, 2.24) is 0 Å². The summed E-state index contributed by atoms with van der Waals surface area (Å²) in [7, 11) is 1.42. The van der Waals surface area contributed by atoms with Crippen molar-refractivity contribution in [3.63, 3.8) is 0 Å². The molecule has 0 bridgehead atoms. The minimum Gasteiger partial charge on any atom is -0.452 e. The minimum atomic E-state index is -0.364. The number of carbonyl (C=O) groups excluding carboxylic acids is 1. The van der Waals surface area contributed by atoms with E-state index in [4.69, 9.17) is 4.74 Å². The number of benzene rings is 1. The largest absolute Gasteiger partial charge is 0.452 e. The lowest BCUT2D eigenvalue weighted by Crippen LogP contribution is -2.32. The number of ether oxygens (including phenoxy) is 1. The van der Waals surface area contributed by atoms with Gasteiger partial charge in [0.1, 0.15) is 0 Å². The Labute approximate surface area is 135 Å². The van der Waals surface area contributed by atoms with Crippen LogP contribution in [0.15, 0.2) is 58.0 Å². The van der Waals surface area contributed by atoms with Crippen molar-refractivity contribution in [2.24, 2.45) is 5.41 Å². The summed E-state index contributed by atoms with van der Waals surface area (Å²) in [4.78, 5) is 16.2. The molecule has 1 aromatic carbocycles. The third-order valence-electron chi connectivity index (χ3n) is 3.76. The first-order valence-electron chi connectivity index (χ1n) is 7.20. The monoisotopic (exact) mass is 313 g/mol. The fourth-order valence-electron chi connectivity index (χ4n) is 2.50. The Kier molecular flexibility index (Phi) is 3.65. The molecule has 4 heteroatoms. The third-order valence-corrected chi connectivity index (χ3v) is 4.89. The van der Waals surface area contributed by atoms with E-state index in [1.807, 2.05) is 19.1 Å². The van der Waals surface area contributed by atoms with Crippen LogP contribution in [0.25, 0.3) is 0 Å². The molecule has 1 aliphatic heterocycles. The zero-order chi connectivity index (χ0) is 15.9. The van der Waals surface area contributed by atoms with E-state index >= 15 is 0 Å². The SMILES string of the molecule is COC(=O)N1C2=C(C=CC(C)(C)C=C2)Sc2ccc(C)cc21. The number of fused-ring (bicyclic) bond motifs is 1. The number of hydrogen-bond donors (Lipinski definition) is 0. The number of anilines is 1. The Hall–Kier alpha value is -1.94. The second-order valence-electron chi connectivity index (χ2n) is 6.12. The molecule has 0 saturated heterocycles. The van der Waals surface area contributed by atoms with Gasteiger partial charge in [0.2, 0.25) is 0 Å². The van der Waals surface area contributed by atoms with Crippen LogP contribution >= 0.6 is 11.8 Å². The Bertz CT molecular complexity index is 729. The van der Waals surface area contributed by atoms with Crippen LogP contribution in [-0.2, 0) is 4.74 Å². The summed E-state index contributed by atoms with van der Waals surface area (Å²) in [5.41, 5.74) is 2.83. The molecule has 1 aliphatic carbocycles. The van der Waals surface area contributed by atoms with E-state index in [2.05, 4.69) is 44.2 Å². The number of methoxy groups -OCH3 is 1. The van der Waals surface area contributed by atoms with Gasteiger partial charge in [0, 0.05) is 15.2 Å². The summed E-state index contributed by atoms with van der Waals surface area (Å²) < 4.78 is 5.01. The van der Waals surface area contributed by atoms with Gasteiger partial charge in [-0.05, 0) is 36.8 Å². The summed E-state index contributed by atoms with van der Waals surface area (Å²) >= 11 is 1.69. The highest BCUT2D eigenvalue weighted by molar-refractivity contribution is 8.03. The molecule has 3 nitrogen and oxygen atoms in total. The van der Waals surface area contributed by atoms with Crippen molar-refractivity contribution in [2.75, 3.05) is 12.0 Å². The van der Waals surface area contributed by atoms with Crippen LogP contribution in [0.1, 0.15) is 19.4 Å². The molecular formula is C18H19NO2S. The fraction of sp³-hybridized carbons (Fsp3) is 0.278. The van der Waals surface area contributed by atoms with Crippen molar-refractivity contribution in [3.8, 4) is 0 Å². The van der Waals surface area contributed by atoms with Crippen molar-refractivity contribution in [1.29, 1.82) is 0 Å². The van der Waals surface area contributed by atoms with Crippen LogP contribution in [-0.4, -0.2) is 13.2 Å². The summed E-state index contributed by atoms with van der Waals surface area (Å²) in [6, 6.07) is 6.15. The number of hydrogen-bond acceptors (Lipinski definition) is 3. The first kappa shape index (κ1) is 15.0. The molecule has 0 unspecified atom stereocenters. The molecule has 0 aromatic heterocycles. The van der Waals surface area contributed by atoms with Crippen LogP contribution in [0.5, 0.6) is 0 Å². The molecule has 1 heterocycles. The lowest BCUT2D eigenvalue weighted by atomic mass is 9.93. The first-order valence-corrected chi connectivity index (χ1v) is 8.02. The number of carbonyl (C=O) groups is 1. The summed E-state index contributed by atoms with van der Waals surface area (Å²) in [5, 5.41) is 0. The van der Waals surface area contributed by atoms with E-state index < -0.39 is 0 Å². The van der Waals surface area contributed by atoms with Crippen molar-refractivity contribution >= 4 is 23.5 Å². The Balaban J connectivity index is 2.18. The molecular weight excluding hydrogens is 294 g/mol. The second-order valence-corrected chi connectivity index (χ2v) is 7.20. The number of aryl methyl sites for hydroxylation is 1. The Morgan fingerprint density at radius 3 is 2.68 bits per heavy atom. The zero-order valence-corrected chi connectivity index (χ0v) is 14.0. The third kappa shape index (κ3) is 2.59. The predicted molar refractivity (Wildman–Crippen MR) is 91.0 cm³/mol. The lowest BCUT2D eigenvalue weighted by Gasteiger charge is -2.30. The number of amides is 1. The van der Waals surface area contributed by atoms with Gasteiger partial charge in [-0.1, -0.05) is 43.8 Å². The molecule has 1 aromatic rings. The van der Waals surface area contributed by atoms with Gasteiger partial charge in [-0.2, -0.15) is 0 Å². The van der Waals surface area contributed by atoms with Gasteiger partial charge in [0.05, 0.1) is 18.5 Å². The van der Waals surface area contributed by atoms with E-state index in [1.54, 1.807) is 16.7 Å². The number of nitrogens with zero attached hydrogens (tertiary/aromatic N) is 1. The van der Waals surface area contributed by atoms with Gasteiger partial charge in [-0.15, -0.1) is 0 Å². The molecule has 1 amide bonds. The highest BCUT2D eigenvalue weighted by Crippen LogP contribution is 2.46. The van der Waals surface area contributed by atoms with Crippen LogP contribution < -0.4 is 4.90 Å². The first-order chi connectivity index (χ1) is 10.4. The van der Waals surface area contributed by atoms with Gasteiger partial charge >= 0.3 is 6.09 Å². The highest BCUT2D eigenvalue weighted by Gasteiger charge is 2.30. The highest BCUT2D eigenvalue weighted by atomic mass is 32.2. The molecule has 3 rings (SSSR count). The maximum atomic E-state index is 12.4. The number of rotatable bonds is 0. The van der Waals surface area contributed by atoms with Gasteiger partial charge in [0.25, 0.3) is 0 Å². The van der Waals surface area contributed by atoms with Gasteiger partial charge in [-0.3, -0.25) is 0 Å². The maximum Gasteiger partial charge on any atom is 0.418 e. The Morgan fingerprint density at radius 1 is 1.23 bits per heavy atom. The Morgan fingerprint density at radius 2 is 1.95 bits per heavy atom. The predicted octanol–water partition coefficient (Wildman–Crippen LogP) is 5.04. The average molecular weight is 313 g/mol. The quantitative estimate of drug-likeness (QED) is 0.672. The summed E-state index contributed by atoms with van der Waals surface area (Å²) in [6.07, 6.45) is 8.03. The zero-order valence-electron chi connectivity index (χ0n) is 13.2. The molecule has 0 fully saturated rings. The topological polar surface area (TPSA) is 29.5 Å². The van der Waals surface area contributed by atoms with E-state index in [-0.39, 0.29) is 11.5 Å². The molecule has 22 heavy (non-hydrogen) atoms. The molecule has 0 radical (unpaired) electrons. The summed E-state index contributed by atoms with van der Waals surface area (Å²) in [5.74, 6) is 0. The van der Waals surface area contributed by atoms with E-state index in [1.165, 1.54) is 7.11 Å². The van der Waals surface area contributed by atoms with E-state index in [9.17, 15) is 4.79 Å². The van der Waals surface area contributed by atoms with Gasteiger partial charge in [-0.25, -0.2) is 9.69 Å². The molecule has 0 spiro atoms. The average Bonchev–Trinajstić information content (AvgIpc) is 2.63. The van der Waals surface area contributed by atoms with Crippen LogP contribution in [0, 0.1) is 12.3 Å². The smallest absolute Gasteiger partial charge is 0.418 e. The van der Waals surface area contributed by atoms with Crippen molar-refractivity contribution in [2.45, 2.75) is 25.7 Å². The van der Waals surface area contributed by atoms with E-state index in [0.717, 1.165) is 26.7 Å². The lowest BCUT2D eigenvalue weighted by molar-refractivity contribution is 0.180. The van der Waals surface area contributed by atoms with E-state index in [0.29, 0.717) is 0 Å². The van der Waals surface area contributed by atoms with Crippen LogP contribution in [0.2, 0.25) is 0 Å². The standard InChI is InChI=1S/C18H19NO2S/c1-12-5-6-15-14(11-12)19(17(20)21-4)13-7-9-18(2,3)10-8-16(13)22-15/h5-11H,1-4H3. The van der Waals surface area contributed by atoms with Gasteiger partial charge in [0.15, 0.2) is 0 Å². The molecule has 0 atom stereocenters. The number of allylic oxidation sites excluding steroid dienone is 4. The summed E-state index contributed by atoms with van der Waals surface area (Å²) in [6.45, 7) is 6.31. The normalized spacial score (nSPS) is 18.6. The van der Waals surface area contributed by atoms with Gasteiger partial charge < -0.3 is 4.74 Å². The molecule has 114 valence electrons. The van der Waals surface area contributed by atoms with Crippen molar-refractivity contribution < 1.29 is 9.53 Å². The molecule has 2 aliphatic rings. The number of thioether (sulfide) groups is 1. The second kappa shape index (κ2) is 5.36. The molecule has 0 N–H and O–H groups in total. The van der Waals surface area contributed by atoms with Crippen LogP contribution in [0.3, 0.4) is 0 Å². The molecule has 0 saturated carbocycles.